The molecule has 27 heavy (non-hydrogen) atoms. The first-order chi connectivity index (χ1) is 13.3. The normalized spacial score (nSPS) is 10.7. The summed E-state index contributed by atoms with van der Waals surface area (Å²) in [6.07, 6.45) is 7.72. The summed E-state index contributed by atoms with van der Waals surface area (Å²) in [5.74, 6) is 0. The Kier molecular flexibility index (Phi) is 9.57. The van der Waals surface area contributed by atoms with Crippen LogP contribution < -0.4 is 0 Å². The number of ether oxygens (including phenoxy) is 5. The Morgan fingerprint density at radius 3 is 1.33 bits per heavy atom. The predicted octanol–water partition coefficient (Wildman–Crippen LogP) is 0.799. The van der Waals surface area contributed by atoms with Crippen molar-refractivity contribution < 1.29 is 33.3 Å². The molecule has 0 aliphatic carbocycles. The molecule has 0 spiro atoms. The summed E-state index contributed by atoms with van der Waals surface area (Å²) in [6.45, 7) is 2.42. The molecule has 2 heterocycles. The second-order valence-electron chi connectivity index (χ2n) is 5.01. The fraction of sp³-hybridized carbons (Fsp3) is 0.500. The number of imidazole rings is 2. The van der Waals surface area contributed by atoms with Gasteiger partial charge in [-0.25, -0.2) is 28.7 Å². The molecule has 2 aromatic rings. The van der Waals surface area contributed by atoms with Crippen molar-refractivity contribution in [3.8, 4) is 0 Å². The van der Waals surface area contributed by atoms with E-state index in [2.05, 4.69) is 9.97 Å². The first-order valence-corrected chi connectivity index (χ1v) is 8.31. The summed E-state index contributed by atoms with van der Waals surface area (Å²) in [4.78, 5) is 30.4. The molecular formula is C16H22N4O7. The lowest BCUT2D eigenvalue weighted by Gasteiger charge is -2.08. The summed E-state index contributed by atoms with van der Waals surface area (Å²) in [5.41, 5.74) is 0. The number of aromatic nitrogens is 4. The largest absolute Gasteiger partial charge is 0.446 e. The van der Waals surface area contributed by atoms with E-state index in [-0.39, 0.29) is 26.4 Å². The van der Waals surface area contributed by atoms with E-state index in [9.17, 15) is 9.59 Å². The van der Waals surface area contributed by atoms with Crippen molar-refractivity contribution in [2.24, 2.45) is 0 Å². The molecule has 0 amide bonds. The van der Waals surface area contributed by atoms with Crippen LogP contribution in [0.4, 0.5) is 9.59 Å². The van der Waals surface area contributed by atoms with Crippen LogP contribution in [0.15, 0.2) is 37.4 Å². The highest BCUT2D eigenvalue weighted by atomic mass is 16.6. The van der Waals surface area contributed by atoms with Gasteiger partial charge in [-0.1, -0.05) is 0 Å². The van der Waals surface area contributed by atoms with Crippen LogP contribution in [0, 0.1) is 0 Å². The molecule has 2 rings (SSSR count). The highest BCUT2D eigenvalue weighted by Gasteiger charge is 2.04. The molecule has 0 N–H and O–H groups in total. The summed E-state index contributed by atoms with van der Waals surface area (Å²) in [6, 6.07) is 0. The molecular weight excluding hydrogens is 360 g/mol. The molecule has 11 nitrogen and oxygen atoms in total. The average molecular weight is 382 g/mol. The Morgan fingerprint density at radius 1 is 0.630 bits per heavy atom. The monoisotopic (exact) mass is 382 g/mol. The third-order valence-corrected chi connectivity index (χ3v) is 3.08. The molecule has 0 unspecified atom stereocenters. The van der Waals surface area contributed by atoms with Gasteiger partial charge in [-0.15, -0.1) is 0 Å². The van der Waals surface area contributed by atoms with Gasteiger partial charge in [0.2, 0.25) is 0 Å². The molecule has 0 aromatic carbocycles. The summed E-state index contributed by atoms with van der Waals surface area (Å²) >= 11 is 0. The first kappa shape index (κ1) is 20.6. The lowest BCUT2D eigenvalue weighted by Crippen LogP contribution is -2.17. The number of rotatable bonds is 12. The lowest BCUT2D eigenvalue weighted by molar-refractivity contribution is -0.000549. The van der Waals surface area contributed by atoms with Crippen LogP contribution in [-0.4, -0.2) is 84.1 Å². The molecule has 0 aliphatic rings. The van der Waals surface area contributed by atoms with E-state index >= 15 is 0 Å². The fourth-order valence-electron chi connectivity index (χ4n) is 1.80. The van der Waals surface area contributed by atoms with E-state index in [0.29, 0.717) is 26.4 Å². The zero-order valence-electron chi connectivity index (χ0n) is 14.8. The lowest BCUT2D eigenvalue weighted by atomic mass is 10.7. The van der Waals surface area contributed by atoms with Crippen molar-refractivity contribution in [2.75, 3.05) is 52.9 Å². The van der Waals surface area contributed by atoms with Crippen molar-refractivity contribution in [3.05, 3.63) is 37.4 Å². The van der Waals surface area contributed by atoms with Gasteiger partial charge in [0.15, 0.2) is 0 Å². The van der Waals surface area contributed by atoms with Crippen LogP contribution in [0.2, 0.25) is 0 Å². The number of carbonyl (C=O) groups is 2. The molecule has 148 valence electrons. The smallest absolute Gasteiger partial charge is 0.419 e. The number of hydrogen-bond acceptors (Lipinski definition) is 9. The topological polar surface area (TPSA) is 116 Å². The second-order valence-corrected chi connectivity index (χ2v) is 5.01. The van der Waals surface area contributed by atoms with Gasteiger partial charge in [0.05, 0.1) is 39.6 Å². The van der Waals surface area contributed by atoms with E-state index in [1.54, 1.807) is 0 Å². The summed E-state index contributed by atoms with van der Waals surface area (Å²) < 4.78 is 28.3. The number of nitrogens with zero attached hydrogens (tertiary/aromatic N) is 4. The van der Waals surface area contributed by atoms with Crippen LogP contribution in [-0.2, 0) is 23.7 Å². The van der Waals surface area contributed by atoms with Crippen molar-refractivity contribution in [1.29, 1.82) is 0 Å². The van der Waals surface area contributed by atoms with Crippen LogP contribution in [0.25, 0.3) is 0 Å². The molecule has 0 aliphatic heterocycles. The molecule has 0 fully saturated rings. The standard InChI is InChI=1S/C16H22N4O7/c21-15(19-3-1-17-13-19)26-11-9-24-7-5-23-6-8-25-10-12-27-16(22)20-4-2-18-14-20/h1-4,13-14H,5-12H2. The van der Waals surface area contributed by atoms with E-state index in [1.807, 2.05) is 0 Å². The van der Waals surface area contributed by atoms with E-state index in [1.165, 1.54) is 46.6 Å². The summed E-state index contributed by atoms with van der Waals surface area (Å²) in [5, 5.41) is 0. The zero-order chi connectivity index (χ0) is 19.2. The Labute approximate surface area is 155 Å². The van der Waals surface area contributed by atoms with Crippen molar-refractivity contribution in [3.63, 3.8) is 0 Å². The number of carbonyl (C=O) groups excluding carboxylic acids is 2. The predicted molar refractivity (Wildman–Crippen MR) is 90.4 cm³/mol. The maximum absolute atomic E-state index is 11.5. The van der Waals surface area contributed by atoms with Crippen molar-refractivity contribution in [2.45, 2.75) is 0 Å². The quantitative estimate of drug-likeness (QED) is 0.491. The molecule has 11 heteroatoms. The van der Waals surface area contributed by atoms with Crippen molar-refractivity contribution in [1.82, 2.24) is 19.1 Å². The third kappa shape index (κ3) is 8.44. The highest BCUT2D eigenvalue weighted by Crippen LogP contribution is 1.91. The minimum absolute atomic E-state index is 0.151. The van der Waals surface area contributed by atoms with Gasteiger partial charge in [0, 0.05) is 24.8 Å². The van der Waals surface area contributed by atoms with Gasteiger partial charge in [-0.2, -0.15) is 0 Å². The Bertz CT molecular complexity index is 590. The maximum atomic E-state index is 11.5. The van der Waals surface area contributed by atoms with E-state index in [0.717, 1.165) is 0 Å². The molecule has 2 aromatic heterocycles. The third-order valence-electron chi connectivity index (χ3n) is 3.08. The Morgan fingerprint density at radius 2 is 1.00 bits per heavy atom. The Hall–Kier alpha value is -2.76. The first-order valence-electron chi connectivity index (χ1n) is 8.31. The molecule has 0 atom stereocenters. The van der Waals surface area contributed by atoms with Gasteiger partial charge in [0.1, 0.15) is 25.9 Å². The SMILES string of the molecule is O=C(OCCOCCOCCOCCOC(=O)n1ccnc1)n1ccnc1. The van der Waals surface area contributed by atoms with Gasteiger partial charge < -0.3 is 23.7 Å². The molecule has 0 bridgehead atoms. The van der Waals surface area contributed by atoms with Gasteiger partial charge >= 0.3 is 12.2 Å². The molecule has 0 radical (unpaired) electrons. The maximum Gasteiger partial charge on any atom is 0.419 e. The zero-order valence-corrected chi connectivity index (χ0v) is 14.8. The average Bonchev–Trinajstić information content (AvgIpc) is 3.39. The van der Waals surface area contributed by atoms with Gasteiger partial charge in [0.25, 0.3) is 0 Å². The van der Waals surface area contributed by atoms with Crippen LogP contribution in [0.5, 0.6) is 0 Å². The minimum atomic E-state index is -0.500. The minimum Gasteiger partial charge on any atom is -0.446 e. The Balaban J connectivity index is 1.31. The van der Waals surface area contributed by atoms with Crippen LogP contribution >= 0.6 is 0 Å². The second kappa shape index (κ2) is 12.6. The molecule has 0 saturated carbocycles. The van der Waals surface area contributed by atoms with E-state index in [4.69, 9.17) is 23.7 Å². The van der Waals surface area contributed by atoms with Crippen molar-refractivity contribution >= 4 is 12.2 Å². The number of hydrogen-bond donors (Lipinski definition) is 0. The van der Waals surface area contributed by atoms with Crippen LogP contribution in [0.3, 0.4) is 0 Å². The van der Waals surface area contributed by atoms with Gasteiger partial charge in [-0.05, 0) is 0 Å². The highest BCUT2D eigenvalue weighted by molar-refractivity contribution is 5.70. The van der Waals surface area contributed by atoms with E-state index < -0.39 is 12.2 Å². The van der Waals surface area contributed by atoms with Crippen LogP contribution in [0.1, 0.15) is 0 Å². The fourth-order valence-corrected chi connectivity index (χ4v) is 1.80. The molecule has 0 saturated heterocycles. The van der Waals surface area contributed by atoms with Gasteiger partial charge in [-0.3, -0.25) is 0 Å². The summed E-state index contributed by atoms with van der Waals surface area (Å²) in [7, 11) is 0.